The second kappa shape index (κ2) is 3.61. The fourth-order valence-corrected chi connectivity index (χ4v) is 1.25. The molecule has 0 unspecified atom stereocenters. The molecule has 2 aromatic rings. The van der Waals surface area contributed by atoms with Crippen molar-refractivity contribution in [3.63, 3.8) is 0 Å². The summed E-state index contributed by atoms with van der Waals surface area (Å²) in [7, 11) is 1.57. The number of anilines is 1. The topological polar surface area (TPSA) is 53.1 Å². The zero-order valence-electron chi connectivity index (χ0n) is 8.14. The van der Waals surface area contributed by atoms with Gasteiger partial charge in [-0.2, -0.15) is 9.49 Å². The van der Waals surface area contributed by atoms with E-state index in [2.05, 4.69) is 5.10 Å². The molecule has 0 aliphatic heterocycles. The van der Waals surface area contributed by atoms with Gasteiger partial charge in [0.05, 0.1) is 19.0 Å². The van der Waals surface area contributed by atoms with E-state index < -0.39 is 5.95 Å². The summed E-state index contributed by atoms with van der Waals surface area (Å²) in [5, 5.41) is 3.82. The van der Waals surface area contributed by atoms with Crippen LogP contribution in [0, 0.1) is 5.95 Å². The van der Waals surface area contributed by atoms with Gasteiger partial charge in [0.2, 0.25) is 5.95 Å². The first-order valence-electron chi connectivity index (χ1n) is 4.36. The number of hydrogen-bond acceptors (Lipinski definition) is 3. The lowest BCUT2D eigenvalue weighted by atomic mass is 10.3. The quantitative estimate of drug-likeness (QED) is 0.813. The van der Waals surface area contributed by atoms with E-state index in [1.807, 2.05) is 0 Å². The average molecular weight is 207 g/mol. The highest BCUT2D eigenvalue weighted by Crippen LogP contribution is 2.17. The first-order valence-corrected chi connectivity index (χ1v) is 4.36. The molecule has 78 valence electrons. The van der Waals surface area contributed by atoms with Crippen LogP contribution in [0.4, 0.5) is 10.1 Å². The van der Waals surface area contributed by atoms with E-state index in [0.717, 1.165) is 4.68 Å². The Balaban J connectivity index is 2.41. The summed E-state index contributed by atoms with van der Waals surface area (Å²) in [4.78, 5) is 0. The first-order chi connectivity index (χ1) is 7.22. The van der Waals surface area contributed by atoms with Gasteiger partial charge in [0, 0.05) is 0 Å². The second-order valence-electron chi connectivity index (χ2n) is 3.00. The lowest BCUT2D eigenvalue weighted by Gasteiger charge is -2.03. The number of halogens is 1. The molecular formula is C10H10FN3O. The van der Waals surface area contributed by atoms with Crippen molar-refractivity contribution in [3.05, 3.63) is 36.4 Å². The molecule has 0 saturated carbocycles. The molecule has 15 heavy (non-hydrogen) atoms. The molecule has 0 amide bonds. The fraction of sp³-hybridized carbons (Fsp3) is 0.100. The van der Waals surface area contributed by atoms with Crippen LogP contribution in [0.5, 0.6) is 5.75 Å². The summed E-state index contributed by atoms with van der Waals surface area (Å²) < 4.78 is 19.5. The molecule has 5 heteroatoms. The predicted molar refractivity (Wildman–Crippen MR) is 54.5 cm³/mol. The van der Waals surface area contributed by atoms with Gasteiger partial charge in [-0.15, -0.1) is 0 Å². The minimum atomic E-state index is -0.555. The number of benzene rings is 1. The van der Waals surface area contributed by atoms with Gasteiger partial charge in [0.1, 0.15) is 11.4 Å². The molecule has 0 fully saturated rings. The zero-order valence-corrected chi connectivity index (χ0v) is 8.14. The maximum Gasteiger partial charge on any atom is 0.239 e. The van der Waals surface area contributed by atoms with E-state index in [0.29, 0.717) is 11.4 Å². The molecule has 0 atom stereocenters. The van der Waals surface area contributed by atoms with Crippen LogP contribution in [-0.4, -0.2) is 16.9 Å². The molecule has 4 nitrogen and oxygen atoms in total. The number of nitrogens with zero attached hydrogens (tertiary/aromatic N) is 2. The van der Waals surface area contributed by atoms with Gasteiger partial charge in [-0.05, 0) is 24.3 Å². The van der Waals surface area contributed by atoms with Crippen LogP contribution < -0.4 is 10.5 Å². The molecule has 0 bridgehead atoms. The lowest BCUT2D eigenvalue weighted by Crippen LogP contribution is -2.00. The third-order valence-electron chi connectivity index (χ3n) is 2.05. The molecule has 2 N–H and O–H groups in total. The SMILES string of the molecule is COc1ccc(-n2ncc(N)c2F)cc1. The number of nitrogens with two attached hydrogens (primary N) is 1. The monoisotopic (exact) mass is 207 g/mol. The van der Waals surface area contributed by atoms with E-state index >= 15 is 0 Å². The minimum absolute atomic E-state index is 0.0332. The molecule has 0 aliphatic carbocycles. The number of methoxy groups -OCH3 is 1. The number of rotatable bonds is 2. The second-order valence-corrected chi connectivity index (χ2v) is 3.00. The van der Waals surface area contributed by atoms with Crippen LogP contribution in [0.3, 0.4) is 0 Å². The summed E-state index contributed by atoms with van der Waals surface area (Å²) in [5.41, 5.74) is 5.99. The molecular weight excluding hydrogens is 197 g/mol. The molecule has 0 aliphatic rings. The summed E-state index contributed by atoms with van der Waals surface area (Å²) in [6.45, 7) is 0. The lowest BCUT2D eigenvalue weighted by molar-refractivity contribution is 0.414. The zero-order chi connectivity index (χ0) is 10.8. The largest absolute Gasteiger partial charge is 0.497 e. The van der Waals surface area contributed by atoms with Gasteiger partial charge in [-0.1, -0.05) is 0 Å². The van der Waals surface area contributed by atoms with Gasteiger partial charge < -0.3 is 10.5 Å². The Hall–Kier alpha value is -2.04. The van der Waals surface area contributed by atoms with Crippen molar-refractivity contribution < 1.29 is 9.13 Å². The Morgan fingerprint density at radius 2 is 2.00 bits per heavy atom. The standard InChI is InChI=1S/C10H10FN3O/c1-15-8-4-2-7(3-5-8)14-10(11)9(12)6-13-14/h2-6H,12H2,1H3. The van der Waals surface area contributed by atoms with Crippen molar-refractivity contribution in [1.29, 1.82) is 0 Å². The van der Waals surface area contributed by atoms with Crippen LogP contribution in [0.15, 0.2) is 30.5 Å². The Bertz CT molecular complexity index is 464. The highest BCUT2D eigenvalue weighted by Gasteiger charge is 2.08. The predicted octanol–water partition coefficient (Wildman–Crippen LogP) is 1.60. The van der Waals surface area contributed by atoms with Gasteiger partial charge in [0.15, 0.2) is 0 Å². The Kier molecular flexibility index (Phi) is 2.29. The van der Waals surface area contributed by atoms with Crippen LogP contribution in [0.2, 0.25) is 0 Å². The number of nitrogen functional groups attached to an aromatic ring is 1. The van der Waals surface area contributed by atoms with Crippen molar-refractivity contribution in [2.75, 3.05) is 12.8 Å². The Labute approximate surface area is 86.1 Å². The van der Waals surface area contributed by atoms with E-state index in [4.69, 9.17) is 10.5 Å². The summed E-state index contributed by atoms with van der Waals surface area (Å²) in [6.07, 6.45) is 1.28. The Morgan fingerprint density at radius 1 is 1.33 bits per heavy atom. The van der Waals surface area contributed by atoms with E-state index in [1.165, 1.54) is 6.20 Å². The van der Waals surface area contributed by atoms with E-state index in [1.54, 1.807) is 31.4 Å². The molecule has 0 saturated heterocycles. The van der Waals surface area contributed by atoms with Gasteiger partial charge >= 0.3 is 0 Å². The maximum atomic E-state index is 13.4. The summed E-state index contributed by atoms with van der Waals surface area (Å²) in [6, 6.07) is 6.86. The van der Waals surface area contributed by atoms with Gasteiger partial charge in [0.25, 0.3) is 0 Å². The summed E-state index contributed by atoms with van der Waals surface area (Å²) in [5.74, 6) is 0.152. The van der Waals surface area contributed by atoms with Crippen molar-refractivity contribution in [2.45, 2.75) is 0 Å². The van der Waals surface area contributed by atoms with Crippen LogP contribution in [0.1, 0.15) is 0 Å². The van der Waals surface area contributed by atoms with Crippen LogP contribution >= 0.6 is 0 Å². The van der Waals surface area contributed by atoms with E-state index in [-0.39, 0.29) is 5.69 Å². The van der Waals surface area contributed by atoms with Crippen molar-refractivity contribution >= 4 is 5.69 Å². The molecule has 2 rings (SSSR count). The Morgan fingerprint density at radius 3 is 2.47 bits per heavy atom. The van der Waals surface area contributed by atoms with E-state index in [9.17, 15) is 4.39 Å². The molecule has 1 aromatic carbocycles. The van der Waals surface area contributed by atoms with Crippen molar-refractivity contribution in [3.8, 4) is 11.4 Å². The number of ether oxygens (including phenoxy) is 1. The molecule has 1 aromatic heterocycles. The smallest absolute Gasteiger partial charge is 0.239 e. The number of aromatic nitrogens is 2. The minimum Gasteiger partial charge on any atom is -0.497 e. The van der Waals surface area contributed by atoms with Gasteiger partial charge in [-0.25, -0.2) is 4.68 Å². The summed E-state index contributed by atoms with van der Waals surface area (Å²) >= 11 is 0. The highest BCUT2D eigenvalue weighted by atomic mass is 19.1. The van der Waals surface area contributed by atoms with Crippen LogP contribution in [-0.2, 0) is 0 Å². The normalized spacial score (nSPS) is 10.3. The fourth-order valence-electron chi connectivity index (χ4n) is 1.25. The maximum absolute atomic E-state index is 13.4. The van der Waals surface area contributed by atoms with Crippen molar-refractivity contribution in [2.24, 2.45) is 0 Å². The molecule has 0 radical (unpaired) electrons. The molecule has 1 heterocycles. The molecule has 0 spiro atoms. The number of hydrogen-bond donors (Lipinski definition) is 1. The van der Waals surface area contributed by atoms with Gasteiger partial charge in [-0.3, -0.25) is 0 Å². The average Bonchev–Trinajstić information content (AvgIpc) is 2.60. The highest BCUT2D eigenvalue weighted by molar-refractivity contribution is 5.41. The van der Waals surface area contributed by atoms with Crippen LogP contribution in [0.25, 0.3) is 5.69 Å². The third-order valence-corrected chi connectivity index (χ3v) is 2.05. The first kappa shape index (κ1) is 9.51. The third kappa shape index (κ3) is 1.63. The van der Waals surface area contributed by atoms with Crippen molar-refractivity contribution in [1.82, 2.24) is 9.78 Å².